The van der Waals surface area contributed by atoms with Crippen LogP contribution in [0.3, 0.4) is 0 Å². The quantitative estimate of drug-likeness (QED) is 0.311. The molecule has 2 rings (SSSR count). The maximum absolute atomic E-state index is 14.0. The van der Waals surface area contributed by atoms with Crippen LogP contribution in [-0.4, -0.2) is 37.5 Å². The number of aryl methyl sites for hydroxylation is 2. The average molecular weight is 499 g/mol. The molecule has 0 saturated heterocycles. The molecule has 0 aromatic heterocycles. The summed E-state index contributed by atoms with van der Waals surface area (Å²) >= 11 is 6.73. The minimum Gasteiger partial charge on any atom is -0.331 e. The van der Waals surface area contributed by atoms with Gasteiger partial charge in [0, 0.05) is 5.69 Å². The van der Waals surface area contributed by atoms with E-state index in [1.165, 1.54) is 23.9 Å². The van der Waals surface area contributed by atoms with Crippen molar-refractivity contribution in [2.24, 2.45) is 0 Å². The molecule has 0 aliphatic rings. The summed E-state index contributed by atoms with van der Waals surface area (Å²) in [5, 5.41) is 3.22. The van der Waals surface area contributed by atoms with Gasteiger partial charge in [0.25, 0.3) is 5.91 Å². The number of hydrogen-bond acceptors (Lipinski definition) is 5. The average Bonchev–Trinajstić information content (AvgIpc) is 2.76. The molecule has 0 aliphatic carbocycles. The van der Waals surface area contributed by atoms with Gasteiger partial charge in [0.05, 0.1) is 0 Å². The summed E-state index contributed by atoms with van der Waals surface area (Å²) in [6.07, 6.45) is 2.85. The topological polar surface area (TPSA) is 99.3 Å². The van der Waals surface area contributed by atoms with Gasteiger partial charge in [0.15, 0.2) is 5.11 Å². The van der Waals surface area contributed by atoms with Crippen molar-refractivity contribution in [2.45, 2.75) is 37.6 Å². The second-order valence-electron chi connectivity index (χ2n) is 6.92. The predicted molar refractivity (Wildman–Crippen MR) is 132 cm³/mol. The van der Waals surface area contributed by atoms with Crippen molar-refractivity contribution in [3.8, 4) is 0 Å². The monoisotopic (exact) mass is 498 g/mol. The summed E-state index contributed by atoms with van der Waals surface area (Å²) in [7, 11) is -4.24. The minimum absolute atomic E-state index is 0.155. The number of thiocarbonyl (C=S) groups is 1. The first-order valence-corrected chi connectivity index (χ1v) is 13.2. The highest BCUT2D eigenvalue weighted by molar-refractivity contribution is 7.98. The van der Waals surface area contributed by atoms with E-state index in [1.54, 1.807) is 0 Å². The fraction of sp³-hybridized carbons (Fsp3) is 0.333. The Bertz CT molecular complexity index is 1060. The zero-order valence-electron chi connectivity index (χ0n) is 18.1. The van der Waals surface area contributed by atoms with Crippen molar-refractivity contribution >= 4 is 50.7 Å². The molecular weight excluding hydrogens is 471 g/mol. The van der Waals surface area contributed by atoms with Gasteiger partial charge in [-0.05, 0) is 67.3 Å². The second-order valence-corrected chi connectivity index (χ2v) is 9.99. The van der Waals surface area contributed by atoms with Crippen LogP contribution in [0, 0.1) is 12.7 Å². The fourth-order valence-corrected chi connectivity index (χ4v) is 4.88. The van der Waals surface area contributed by atoms with E-state index < -0.39 is 32.7 Å². The number of nitrogens with one attached hydrogen (secondary N) is 4. The zero-order valence-corrected chi connectivity index (χ0v) is 20.5. The first-order chi connectivity index (χ1) is 15.2. The van der Waals surface area contributed by atoms with Crippen molar-refractivity contribution in [1.29, 1.82) is 0 Å². The first kappa shape index (κ1) is 26.0. The van der Waals surface area contributed by atoms with Gasteiger partial charge in [-0.15, -0.1) is 0 Å². The molecule has 0 bridgehead atoms. The Hall–Kier alpha value is -2.21. The maximum Gasteiger partial charge on any atom is 0.256 e. The lowest BCUT2D eigenvalue weighted by molar-refractivity contribution is -0.123. The number of thioether (sulfide) groups is 1. The van der Waals surface area contributed by atoms with Crippen molar-refractivity contribution < 1.29 is 17.6 Å². The molecule has 0 spiro atoms. The number of benzene rings is 2. The number of para-hydroxylation sites is 1. The zero-order chi connectivity index (χ0) is 23.7. The molecule has 1 atom stereocenters. The normalized spacial score (nSPS) is 12.1. The number of rotatable bonds is 9. The Morgan fingerprint density at radius 3 is 2.53 bits per heavy atom. The summed E-state index contributed by atoms with van der Waals surface area (Å²) in [5.41, 5.74) is 7.95. The summed E-state index contributed by atoms with van der Waals surface area (Å²) in [6.45, 7) is 3.97. The smallest absolute Gasteiger partial charge is 0.256 e. The number of anilines is 1. The van der Waals surface area contributed by atoms with Crippen molar-refractivity contribution in [3.63, 3.8) is 0 Å². The van der Waals surface area contributed by atoms with Gasteiger partial charge in [0.1, 0.15) is 16.8 Å². The Kier molecular flexibility index (Phi) is 9.88. The van der Waals surface area contributed by atoms with E-state index >= 15 is 0 Å². The predicted octanol–water partition coefficient (Wildman–Crippen LogP) is 3.11. The van der Waals surface area contributed by atoms with Crippen LogP contribution in [0.1, 0.15) is 24.5 Å². The summed E-state index contributed by atoms with van der Waals surface area (Å²) in [6, 6.07) is 9.76. The Morgan fingerprint density at radius 1 is 1.16 bits per heavy atom. The molecule has 0 radical (unpaired) electrons. The van der Waals surface area contributed by atoms with Crippen LogP contribution >= 0.6 is 24.0 Å². The number of hydrazine groups is 1. The van der Waals surface area contributed by atoms with Crippen LogP contribution in [0.5, 0.6) is 0 Å². The largest absolute Gasteiger partial charge is 0.331 e. The standard InChI is InChI=1S/C21H27FN4O3S3/c1-4-15-9-7-8-14(2)19(15)23-21(30)25-24-20(27)17(12-13-31-3)26-32(28,29)18-11-6-5-10-16(18)22/h5-11,17,26H,4,12-13H2,1-3H3,(H,24,27)(H2,23,25,30). The van der Waals surface area contributed by atoms with E-state index in [0.29, 0.717) is 5.75 Å². The van der Waals surface area contributed by atoms with E-state index in [0.717, 1.165) is 35.4 Å². The molecule has 11 heteroatoms. The molecule has 0 heterocycles. The number of hydrogen-bond donors (Lipinski definition) is 4. The van der Waals surface area contributed by atoms with E-state index in [2.05, 4.69) is 20.9 Å². The SMILES string of the molecule is CCc1cccc(C)c1NC(=S)NNC(=O)C(CCSC)NS(=O)(=O)c1ccccc1F. The number of carbonyl (C=O) groups excluding carboxylic acids is 1. The highest BCUT2D eigenvalue weighted by atomic mass is 32.2. The van der Waals surface area contributed by atoms with Crippen molar-refractivity contribution in [1.82, 2.24) is 15.6 Å². The third kappa shape index (κ3) is 7.16. The molecule has 1 amide bonds. The molecule has 0 aliphatic heterocycles. The fourth-order valence-electron chi connectivity index (χ4n) is 2.94. The van der Waals surface area contributed by atoms with E-state index in [4.69, 9.17) is 12.2 Å². The molecule has 7 nitrogen and oxygen atoms in total. The van der Waals surface area contributed by atoms with Gasteiger partial charge < -0.3 is 5.32 Å². The van der Waals surface area contributed by atoms with Crippen LogP contribution in [0.2, 0.25) is 0 Å². The maximum atomic E-state index is 14.0. The lowest BCUT2D eigenvalue weighted by Gasteiger charge is -2.20. The van der Waals surface area contributed by atoms with Gasteiger partial charge in [0.2, 0.25) is 10.0 Å². The van der Waals surface area contributed by atoms with Gasteiger partial charge >= 0.3 is 0 Å². The molecule has 0 saturated carbocycles. The van der Waals surface area contributed by atoms with E-state index in [1.807, 2.05) is 38.3 Å². The lowest BCUT2D eigenvalue weighted by Crippen LogP contribution is -2.53. The molecule has 2 aromatic rings. The van der Waals surface area contributed by atoms with Crippen LogP contribution in [0.4, 0.5) is 10.1 Å². The van der Waals surface area contributed by atoms with Gasteiger partial charge in [-0.25, -0.2) is 12.8 Å². The number of carbonyl (C=O) groups is 1. The Labute approximate surface area is 198 Å². The number of amides is 1. The Balaban J connectivity index is 2.07. The molecule has 2 aromatic carbocycles. The third-order valence-electron chi connectivity index (χ3n) is 4.63. The van der Waals surface area contributed by atoms with Gasteiger partial charge in [-0.3, -0.25) is 15.6 Å². The summed E-state index contributed by atoms with van der Waals surface area (Å²) in [4.78, 5) is 12.2. The second kappa shape index (κ2) is 12.1. The van der Waals surface area contributed by atoms with E-state index in [-0.39, 0.29) is 11.5 Å². The minimum atomic E-state index is -4.24. The van der Waals surface area contributed by atoms with Crippen LogP contribution in [0.25, 0.3) is 0 Å². The van der Waals surface area contributed by atoms with Crippen LogP contribution in [0.15, 0.2) is 47.4 Å². The number of halogens is 1. The first-order valence-electron chi connectivity index (χ1n) is 9.90. The third-order valence-corrected chi connectivity index (χ3v) is 6.98. The van der Waals surface area contributed by atoms with E-state index in [9.17, 15) is 17.6 Å². The highest BCUT2D eigenvalue weighted by Crippen LogP contribution is 2.21. The summed E-state index contributed by atoms with van der Waals surface area (Å²) in [5.74, 6) is -1.01. The van der Waals surface area contributed by atoms with Crippen LogP contribution < -0.4 is 20.9 Å². The Morgan fingerprint density at radius 2 is 1.88 bits per heavy atom. The molecule has 32 heavy (non-hydrogen) atoms. The van der Waals surface area contributed by atoms with Gasteiger partial charge in [-0.1, -0.05) is 37.3 Å². The molecule has 4 N–H and O–H groups in total. The number of sulfonamides is 1. The molecular formula is C21H27FN4O3S3. The van der Waals surface area contributed by atoms with Crippen LogP contribution in [-0.2, 0) is 21.2 Å². The summed E-state index contributed by atoms with van der Waals surface area (Å²) < 4.78 is 41.5. The van der Waals surface area contributed by atoms with Crippen molar-refractivity contribution in [2.75, 3.05) is 17.3 Å². The molecule has 1 unspecified atom stereocenters. The van der Waals surface area contributed by atoms with Gasteiger partial charge in [-0.2, -0.15) is 16.5 Å². The lowest BCUT2D eigenvalue weighted by atomic mass is 10.1. The van der Waals surface area contributed by atoms with Crippen molar-refractivity contribution in [3.05, 3.63) is 59.4 Å². The highest BCUT2D eigenvalue weighted by Gasteiger charge is 2.27. The molecule has 0 fully saturated rings. The molecule has 174 valence electrons.